The third-order valence-corrected chi connectivity index (χ3v) is 6.73. The lowest BCUT2D eigenvalue weighted by molar-refractivity contribution is -0.122. The maximum absolute atomic E-state index is 15.1. The molecule has 4 rings (SSSR count). The molecular formula is C25H26FN3O2S. The van der Waals surface area contributed by atoms with Crippen molar-refractivity contribution in [3.8, 4) is 0 Å². The fourth-order valence-electron chi connectivity index (χ4n) is 4.46. The van der Waals surface area contributed by atoms with Gasteiger partial charge in [0.1, 0.15) is 11.4 Å². The van der Waals surface area contributed by atoms with Gasteiger partial charge in [0, 0.05) is 23.8 Å². The molecule has 2 aromatic rings. The van der Waals surface area contributed by atoms with Gasteiger partial charge in [0.2, 0.25) is 0 Å². The van der Waals surface area contributed by atoms with E-state index in [-0.39, 0.29) is 27.7 Å². The van der Waals surface area contributed by atoms with Gasteiger partial charge in [0.15, 0.2) is 5.11 Å². The number of carbonyl (C=O) groups is 2. The Morgan fingerprint density at radius 2 is 1.84 bits per heavy atom. The second-order valence-electron chi connectivity index (χ2n) is 9.20. The molecule has 0 saturated carbocycles. The molecule has 1 unspecified atom stereocenters. The highest BCUT2D eigenvalue weighted by Crippen LogP contribution is 2.43. The molecule has 1 fully saturated rings. The highest BCUT2D eigenvalue weighted by Gasteiger charge is 2.37. The van der Waals surface area contributed by atoms with E-state index < -0.39 is 17.6 Å². The summed E-state index contributed by atoms with van der Waals surface area (Å²) in [5.74, 6) is -1.48. The number of hydrogen-bond acceptors (Lipinski definition) is 4. The van der Waals surface area contributed by atoms with Gasteiger partial charge < -0.3 is 4.90 Å². The number of halogens is 1. The van der Waals surface area contributed by atoms with Crippen molar-refractivity contribution in [3.63, 3.8) is 0 Å². The van der Waals surface area contributed by atoms with E-state index in [1.807, 2.05) is 26.1 Å². The molecule has 0 bridgehead atoms. The lowest BCUT2D eigenvalue weighted by Crippen LogP contribution is -2.54. The number of carbonyl (C=O) groups excluding carboxylic acids is 2. The number of aryl methyl sites for hydroxylation is 1. The molecule has 0 spiro atoms. The fraction of sp³-hybridized carbons (Fsp3) is 0.320. The van der Waals surface area contributed by atoms with E-state index in [0.717, 1.165) is 23.2 Å². The topological polar surface area (TPSA) is 52.7 Å². The molecule has 2 aromatic carbocycles. The summed E-state index contributed by atoms with van der Waals surface area (Å²) < 4.78 is 15.1. The minimum Gasteiger partial charge on any atom is -0.369 e. The van der Waals surface area contributed by atoms with Crippen LogP contribution >= 0.6 is 12.2 Å². The van der Waals surface area contributed by atoms with Gasteiger partial charge in [-0.15, -0.1) is 0 Å². The first-order chi connectivity index (χ1) is 15.0. The van der Waals surface area contributed by atoms with Crippen molar-refractivity contribution in [2.45, 2.75) is 45.6 Å². The molecule has 1 N–H and O–H groups in total. The number of rotatable bonds is 2. The first-order valence-electron chi connectivity index (χ1n) is 10.5. The van der Waals surface area contributed by atoms with Crippen molar-refractivity contribution < 1.29 is 14.0 Å². The lowest BCUT2D eigenvalue weighted by atomic mass is 9.80. The zero-order valence-corrected chi connectivity index (χ0v) is 19.6. The Morgan fingerprint density at radius 1 is 1.19 bits per heavy atom. The van der Waals surface area contributed by atoms with Gasteiger partial charge in [0.25, 0.3) is 11.8 Å². The molecule has 2 aliphatic heterocycles. The Kier molecular flexibility index (Phi) is 5.41. The largest absolute Gasteiger partial charge is 0.369 e. The first kappa shape index (κ1) is 22.1. The Labute approximate surface area is 192 Å². The maximum Gasteiger partial charge on any atom is 0.270 e. The van der Waals surface area contributed by atoms with E-state index in [1.165, 1.54) is 17.0 Å². The Hall–Kier alpha value is -3.06. The molecule has 2 aliphatic rings. The van der Waals surface area contributed by atoms with E-state index in [2.05, 4.69) is 31.0 Å². The van der Waals surface area contributed by atoms with Crippen LogP contribution in [0.25, 0.3) is 6.08 Å². The van der Waals surface area contributed by atoms with Crippen LogP contribution in [0.5, 0.6) is 0 Å². The van der Waals surface area contributed by atoms with Crippen LogP contribution in [0.15, 0.2) is 42.0 Å². The average Bonchev–Trinajstić information content (AvgIpc) is 2.71. The van der Waals surface area contributed by atoms with Crippen molar-refractivity contribution in [2.24, 2.45) is 0 Å². The molecule has 7 heteroatoms. The van der Waals surface area contributed by atoms with Crippen LogP contribution in [-0.2, 0) is 9.59 Å². The number of thiocarbonyl (C=S) groups is 1. The number of anilines is 2. The molecule has 2 amide bonds. The Bertz CT molecular complexity index is 1170. The standard InChI is InChI=1S/C25H26FN3O2S/c1-14-6-8-17(9-7-14)29-23(31)19(22(30)27-24(29)32)11-16-10-18-15(2)13-25(3,4)28(5)21(18)12-20(16)26/h6-12,15H,13H2,1-5H3,(H,27,30,32)/b19-11-. The van der Waals surface area contributed by atoms with Crippen molar-refractivity contribution in [3.05, 3.63) is 64.5 Å². The minimum absolute atomic E-state index is 0.00407. The van der Waals surface area contributed by atoms with Crippen LogP contribution < -0.4 is 15.1 Å². The molecule has 32 heavy (non-hydrogen) atoms. The van der Waals surface area contributed by atoms with Crippen molar-refractivity contribution in [1.29, 1.82) is 0 Å². The van der Waals surface area contributed by atoms with E-state index in [0.29, 0.717) is 5.69 Å². The zero-order valence-electron chi connectivity index (χ0n) is 18.8. The van der Waals surface area contributed by atoms with Crippen LogP contribution in [-0.4, -0.2) is 29.5 Å². The zero-order chi connectivity index (χ0) is 23.4. The highest BCUT2D eigenvalue weighted by atomic mass is 32.1. The molecule has 5 nitrogen and oxygen atoms in total. The Balaban J connectivity index is 1.77. The number of benzene rings is 2. The molecule has 1 saturated heterocycles. The summed E-state index contributed by atoms with van der Waals surface area (Å²) in [6, 6.07) is 10.5. The van der Waals surface area contributed by atoms with Crippen LogP contribution in [0.1, 0.15) is 49.8 Å². The monoisotopic (exact) mass is 451 g/mol. The molecule has 0 aromatic heterocycles. The van der Waals surface area contributed by atoms with E-state index in [1.54, 1.807) is 18.2 Å². The minimum atomic E-state index is -0.633. The van der Waals surface area contributed by atoms with Crippen molar-refractivity contribution >= 4 is 46.6 Å². The van der Waals surface area contributed by atoms with E-state index in [4.69, 9.17) is 12.2 Å². The van der Waals surface area contributed by atoms with Crippen molar-refractivity contribution in [2.75, 3.05) is 16.8 Å². The first-order valence-corrected chi connectivity index (χ1v) is 11.0. The quantitative estimate of drug-likeness (QED) is 0.409. The summed E-state index contributed by atoms with van der Waals surface area (Å²) in [6.45, 7) is 8.31. The van der Waals surface area contributed by atoms with Gasteiger partial charge in [-0.05, 0) is 81.2 Å². The van der Waals surface area contributed by atoms with E-state index in [9.17, 15) is 9.59 Å². The van der Waals surface area contributed by atoms with E-state index >= 15 is 4.39 Å². The maximum atomic E-state index is 15.1. The number of amides is 2. The summed E-state index contributed by atoms with van der Waals surface area (Å²) in [4.78, 5) is 29.2. The van der Waals surface area contributed by atoms with Gasteiger partial charge >= 0.3 is 0 Å². The predicted octanol–water partition coefficient (Wildman–Crippen LogP) is 4.69. The number of fused-ring (bicyclic) bond motifs is 1. The molecule has 2 heterocycles. The SMILES string of the molecule is Cc1ccc(N2C(=O)/C(=C\c3cc4c(cc3F)N(C)C(C)(C)CC4C)C(=O)NC2=S)cc1. The van der Waals surface area contributed by atoms with Gasteiger partial charge in [-0.1, -0.05) is 24.6 Å². The van der Waals surface area contributed by atoms with Crippen molar-refractivity contribution in [1.82, 2.24) is 5.32 Å². The van der Waals surface area contributed by atoms with Crippen LogP contribution in [0, 0.1) is 12.7 Å². The number of hydrogen-bond donors (Lipinski definition) is 1. The van der Waals surface area contributed by atoms with Gasteiger partial charge in [-0.3, -0.25) is 19.8 Å². The highest BCUT2D eigenvalue weighted by molar-refractivity contribution is 7.80. The Morgan fingerprint density at radius 3 is 2.50 bits per heavy atom. The molecule has 0 radical (unpaired) electrons. The molecular weight excluding hydrogens is 425 g/mol. The number of nitrogens with zero attached hydrogens (tertiary/aromatic N) is 2. The smallest absolute Gasteiger partial charge is 0.270 e. The van der Waals surface area contributed by atoms with Gasteiger partial charge in [-0.2, -0.15) is 0 Å². The molecule has 166 valence electrons. The second-order valence-corrected chi connectivity index (χ2v) is 9.59. The molecule has 1 atom stereocenters. The summed E-state index contributed by atoms with van der Waals surface area (Å²) in [6.07, 6.45) is 2.23. The third kappa shape index (κ3) is 3.71. The predicted molar refractivity (Wildman–Crippen MR) is 129 cm³/mol. The average molecular weight is 452 g/mol. The summed E-state index contributed by atoms with van der Waals surface area (Å²) >= 11 is 5.24. The second kappa shape index (κ2) is 7.81. The summed E-state index contributed by atoms with van der Waals surface area (Å²) in [5, 5.41) is 2.55. The van der Waals surface area contributed by atoms with Crippen LogP contribution in [0.3, 0.4) is 0 Å². The summed E-state index contributed by atoms with van der Waals surface area (Å²) in [5.41, 5.74) is 3.35. The summed E-state index contributed by atoms with van der Waals surface area (Å²) in [7, 11) is 1.96. The normalized spacial score (nSPS) is 21.6. The van der Waals surface area contributed by atoms with Crippen LogP contribution in [0.4, 0.5) is 15.8 Å². The van der Waals surface area contributed by atoms with Gasteiger partial charge in [0.05, 0.1) is 5.69 Å². The van der Waals surface area contributed by atoms with Gasteiger partial charge in [-0.25, -0.2) is 4.39 Å². The molecule has 0 aliphatic carbocycles. The fourth-order valence-corrected chi connectivity index (χ4v) is 4.74. The lowest BCUT2D eigenvalue weighted by Gasteiger charge is -2.45. The third-order valence-electron chi connectivity index (χ3n) is 6.45. The van der Waals surface area contributed by atoms with Crippen LogP contribution in [0.2, 0.25) is 0 Å². The number of nitrogens with one attached hydrogen (secondary N) is 1.